The highest BCUT2D eigenvalue weighted by molar-refractivity contribution is 5.92. The maximum Gasteiger partial charge on any atom is 0.354 e. The van der Waals surface area contributed by atoms with Crippen LogP contribution >= 0.6 is 0 Å². The third kappa shape index (κ3) is 2.81. The van der Waals surface area contributed by atoms with E-state index in [2.05, 4.69) is 10.3 Å². The summed E-state index contributed by atoms with van der Waals surface area (Å²) in [5.41, 5.74) is -0.0677. The standard InChI is InChI=1S/C12H14N2O3/c1-7(8-5-6-8)11(15)14-10-4-2-3-9(13-10)12(16)17/h2-4,7-8H,5-6H2,1H3,(H,16,17)(H,13,14,15). The fourth-order valence-electron chi connectivity index (χ4n) is 1.67. The van der Waals surface area contributed by atoms with E-state index in [1.165, 1.54) is 6.07 Å². The molecule has 1 aromatic rings. The number of nitrogens with zero attached hydrogens (tertiary/aromatic N) is 1. The van der Waals surface area contributed by atoms with Crippen molar-refractivity contribution in [1.82, 2.24) is 4.98 Å². The van der Waals surface area contributed by atoms with Crippen LogP contribution in [0.15, 0.2) is 18.2 Å². The van der Waals surface area contributed by atoms with E-state index in [-0.39, 0.29) is 17.5 Å². The minimum absolute atomic E-state index is 0.0368. The Hall–Kier alpha value is -1.91. The van der Waals surface area contributed by atoms with Crippen molar-refractivity contribution < 1.29 is 14.7 Å². The van der Waals surface area contributed by atoms with Crippen molar-refractivity contribution in [1.29, 1.82) is 0 Å². The summed E-state index contributed by atoms with van der Waals surface area (Å²) in [6.07, 6.45) is 2.19. The van der Waals surface area contributed by atoms with Crippen molar-refractivity contribution >= 4 is 17.7 Å². The summed E-state index contributed by atoms with van der Waals surface area (Å²) in [5.74, 6) is -0.468. The number of carbonyl (C=O) groups is 2. The van der Waals surface area contributed by atoms with E-state index >= 15 is 0 Å². The molecule has 5 nitrogen and oxygen atoms in total. The summed E-state index contributed by atoms with van der Waals surface area (Å²) in [6, 6.07) is 4.54. The van der Waals surface area contributed by atoms with Gasteiger partial charge in [0.25, 0.3) is 0 Å². The van der Waals surface area contributed by atoms with Crippen molar-refractivity contribution in [3.05, 3.63) is 23.9 Å². The van der Waals surface area contributed by atoms with Crippen LogP contribution in [0.3, 0.4) is 0 Å². The summed E-state index contributed by atoms with van der Waals surface area (Å²) in [6.45, 7) is 1.88. The molecule has 0 aliphatic heterocycles. The quantitative estimate of drug-likeness (QED) is 0.832. The fourth-order valence-corrected chi connectivity index (χ4v) is 1.67. The molecule has 2 N–H and O–H groups in total. The summed E-state index contributed by atoms with van der Waals surface area (Å²) in [5, 5.41) is 11.4. The second-order valence-electron chi connectivity index (χ2n) is 4.33. The molecule has 5 heteroatoms. The van der Waals surface area contributed by atoms with Gasteiger partial charge in [-0.1, -0.05) is 13.0 Å². The van der Waals surface area contributed by atoms with Crippen LogP contribution in [-0.2, 0) is 4.79 Å². The minimum atomic E-state index is -1.10. The van der Waals surface area contributed by atoms with Crippen LogP contribution in [0.2, 0.25) is 0 Å². The molecular formula is C12H14N2O3. The van der Waals surface area contributed by atoms with E-state index in [1.807, 2.05) is 6.92 Å². The highest BCUT2D eigenvalue weighted by atomic mass is 16.4. The van der Waals surface area contributed by atoms with Crippen LogP contribution < -0.4 is 5.32 Å². The molecule has 1 saturated carbocycles. The molecule has 1 aliphatic rings. The van der Waals surface area contributed by atoms with Crippen molar-refractivity contribution in [3.8, 4) is 0 Å². The Bertz CT molecular complexity index is 455. The number of rotatable bonds is 4. The maximum atomic E-state index is 11.8. The lowest BCUT2D eigenvalue weighted by atomic mass is 10.1. The first-order valence-electron chi connectivity index (χ1n) is 5.59. The molecule has 1 atom stereocenters. The highest BCUT2D eigenvalue weighted by Gasteiger charge is 2.32. The van der Waals surface area contributed by atoms with Gasteiger partial charge in [0.2, 0.25) is 5.91 Å². The minimum Gasteiger partial charge on any atom is -0.477 e. The van der Waals surface area contributed by atoms with Crippen LogP contribution in [0.1, 0.15) is 30.3 Å². The van der Waals surface area contributed by atoms with E-state index in [1.54, 1.807) is 12.1 Å². The van der Waals surface area contributed by atoms with Gasteiger partial charge in [0.05, 0.1) is 0 Å². The summed E-state index contributed by atoms with van der Waals surface area (Å²) >= 11 is 0. The Morgan fingerprint density at radius 1 is 1.47 bits per heavy atom. The molecule has 0 spiro atoms. The molecule has 0 aromatic carbocycles. The SMILES string of the molecule is CC(C(=O)Nc1cccc(C(=O)O)n1)C1CC1. The smallest absolute Gasteiger partial charge is 0.354 e. The first kappa shape index (κ1) is 11.6. The number of anilines is 1. The largest absolute Gasteiger partial charge is 0.477 e. The van der Waals surface area contributed by atoms with Crippen molar-refractivity contribution in [2.24, 2.45) is 11.8 Å². The number of hydrogen-bond donors (Lipinski definition) is 2. The summed E-state index contributed by atoms with van der Waals surface area (Å²) < 4.78 is 0. The second kappa shape index (κ2) is 4.53. The molecule has 90 valence electrons. The average molecular weight is 234 g/mol. The number of pyridine rings is 1. The number of aromatic nitrogens is 1. The number of hydrogen-bond acceptors (Lipinski definition) is 3. The number of aromatic carboxylic acids is 1. The normalized spacial score (nSPS) is 16.3. The van der Waals surface area contributed by atoms with Crippen molar-refractivity contribution in [2.45, 2.75) is 19.8 Å². The molecule has 1 unspecified atom stereocenters. The lowest BCUT2D eigenvalue weighted by molar-refractivity contribution is -0.119. The molecule has 1 amide bonds. The number of carboxylic acid groups (broad SMARTS) is 1. The van der Waals surface area contributed by atoms with E-state index in [0.717, 1.165) is 12.8 Å². The predicted molar refractivity (Wildman–Crippen MR) is 61.7 cm³/mol. The first-order valence-corrected chi connectivity index (χ1v) is 5.59. The molecule has 1 heterocycles. The van der Waals surface area contributed by atoms with E-state index in [0.29, 0.717) is 11.7 Å². The molecule has 17 heavy (non-hydrogen) atoms. The predicted octanol–water partition coefficient (Wildman–Crippen LogP) is 1.76. The van der Waals surface area contributed by atoms with Gasteiger partial charge in [-0.2, -0.15) is 0 Å². The third-order valence-corrected chi connectivity index (χ3v) is 2.96. The third-order valence-electron chi connectivity index (χ3n) is 2.96. The number of nitrogens with one attached hydrogen (secondary N) is 1. The number of amides is 1. The van der Waals surface area contributed by atoms with E-state index < -0.39 is 5.97 Å². The Kier molecular flexibility index (Phi) is 3.08. The molecule has 0 radical (unpaired) electrons. The maximum absolute atomic E-state index is 11.8. The topological polar surface area (TPSA) is 79.3 Å². The van der Waals surface area contributed by atoms with Crippen LogP contribution in [0.25, 0.3) is 0 Å². The molecule has 2 rings (SSSR count). The van der Waals surface area contributed by atoms with Gasteiger partial charge in [-0.05, 0) is 30.9 Å². The van der Waals surface area contributed by atoms with Gasteiger partial charge in [0, 0.05) is 5.92 Å². The monoisotopic (exact) mass is 234 g/mol. The number of carboxylic acids is 1. The Labute approximate surface area is 98.9 Å². The first-order chi connectivity index (χ1) is 8.08. The van der Waals surface area contributed by atoms with Gasteiger partial charge in [-0.25, -0.2) is 9.78 Å². The Morgan fingerprint density at radius 2 is 2.18 bits per heavy atom. The molecule has 0 bridgehead atoms. The summed E-state index contributed by atoms with van der Waals surface area (Å²) in [7, 11) is 0. The molecule has 1 aliphatic carbocycles. The van der Waals surface area contributed by atoms with Gasteiger partial charge in [0.1, 0.15) is 5.82 Å². The molecule has 0 saturated heterocycles. The van der Waals surface area contributed by atoms with Crippen LogP contribution in [0.4, 0.5) is 5.82 Å². The van der Waals surface area contributed by atoms with Gasteiger partial charge >= 0.3 is 5.97 Å². The number of carbonyl (C=O) groups excluding carboxylic acids is 1. The van der Waals surface area contributed by atoms with Crippen LogP contribution in [0.5, 0.6) is 0 Å². The van der Waals surface area contributed by atoms with Crippen LogP contribution in [0, 0.1) is 11.8 Å². The zero-order valence-electron chi connectivity index (χ0n) is 9.51. The Morgan fingerprint density at radius 3 is 2.76 bits per heavy atom. The molecule has 1 aromatic heterocycles. The Balaban J connectivity index is 2.04. The lowest BCUT2D eigenvalue weighted by Gasteiger charge is -2.10. The average Bonchev–Trinajstić information content (AvgIpc) is 3.12. The van der Waals surface area contributed by atoms with Crippen molar-refractivity contribution in [3.63, 3.8) is 0 Å². The van der Waals surface area contributed by atoms with E-state index in [9.17, 15) is 9.59 Å². The molecular weight excluding hydrogens is 220 g/mol. The fraction of sp³-hybridized carbons (Fsp3) is 0.417. The van der Waals surface area contributed by atoms with Gasteiger partial charge in [0.15, 0.2) is 5.69 Å². The zero-order valence-corrected chi connectivity index (χ0v) is 9.51. The zero-order chi connectivity index (χ0) is 12.4. The molecule has 1 fully saturated rings. The van der Waals surface area contributed by atoms with Gasteiger partial charge in [-0.3, -0.25) is 4.79 Å². The summed E-state index contributed by atoms with van der Waals surface area (Å²) in [4.78, 5) is 26.3. The lowest BCUT2D eigenvalue weighted by Crippen LogP contribution is -2.22. The van der Waals surface area contributed by atoms with Crippen molar-refractivity contribution in [2.75, 3.05) is 5.32 Å². The van der Waals surface area contributed by atoms with Crippen LogP contribution in [-0.4, -0.2) is 22.0 Å². The highest BCUT2D eigenvalue weighted by Crippen LogP contribution is 2.36. The van der Waals surface area contributed by atoms with Gasteiger partial charge < -0.3 is 10.4 Å². The second-order valence-corrected chi connectivity index (χ2v) is 4.33. The van der Waals surface area contributed by atoms with Gasteiger partial charge in [-0.15, -0.1) is 0 Å². The van der Waals surface area contributed by atoms with E-state index in [4.69, 9.17) is 5.11 Å².